The largest absolute Gasteiger partial charge is 0.354 e. The van der Waals surface area contributed by atoms with Crippen LogP contribution in [0.5, 0.6) is 0 Å². The predicted molar refractivity (Wildman–Crippen MR) is 156 cm³/mol. The van der Waals surface area contributed by atoms with Gasteiger partial charge in [-0.2, -0.15) is 0 Å². The second-order valence-corrected chi connectivity index (χ2v) is 12.7. The lowest BCUT2D eigenvalue weighted by Gasteiger charge is -2.31. The molecule has 0 bridgehead atoms. The van der Waals surface area contributed by atoms with Gasteiger partial charge in [-0.1, -0.05) is 62.2 Å². The standard InChI is InChI=1S/C28H39Cl2N3O4S/c1-7-25(28(35)31-17-19(2)3)32(18-22-13-14-23(29)16-24(22)30)27(34)12-9-15-33(38(6,36)37)26-11-8-10-20(4)21(26)5/h8,10-11,13-14,16,19,25H,7,9,12,15,17-18H2,1-6H3,(H,31,35). The molecule has 210 valence electrons. The molecule has 2 rings (SSSR count). The van der Waals surface area contributed by atoms with Crippen LogP contribution in [0.25, 0.3) is 0 Å². The summed E-state index contributed by atoms with van der Waals surface area (Å²) in [6.07, 6.45) is 1.93. The van der Waals surface area contributed by atoms with Gasteiger partial charge in [0.2, 0.25) is 21.8 Å². The fraction of sp³-hybridized carbons (Fsp3) is 0.500. The average molecular weight is 585 g/mol. The van der Waals surface area contributed by atoms with Gasteiger partial charge >= 0.3 is 0 Å². The quantitative estimate of drug-likeness (QED) is 0.326. The van der Waals surface area contributed by atoms with Gasteiger partial charge in [0.25, 0.3) is 0 Å². The fourth-order valence-corrected chi connectivity index (χ4v) is 5.65. The molecule has 0 aliphatic rings. The van der Waals surface area contributed by atoms with Crippen molar-refractivity contribution >= 4 is 50.7 Å². The molecule has 2 amide bonds. The van der Waals surface area contributed by atoms with Crippen LogP contribution in [0.1, 0.15) is 56.7 Å². The first-order valence-electron chi connectivity index (χ1n) is 12.8. The van der Waals surface area contributed by atoms with E-state index < -0.39 is 16.1 Å². The average Bonchev–Trinajstić information content (AvgIpc) is 2.83. The van der Waals surface area contributed by atoms with Gasteiger partial charge in [-0.25, -0.2) is 8.42 Å². The van der Waals surface area contributed by atoms with Crippen LogP contribution in [0.15, 0.2) is 36.4 Å². The van der Waals surface area contributed by atoms with E-state index in [4.69, 9.17) is 23.2 Å². The highest BCUT2D eigenvalue weighted by molar-refractivity contribution is 7.92. The van der Waals surface area contributed by atoms with Gasteiger partial charge in [0.1, 0.15) is 6.04 Å². The third kappa shape index (κ3) is 8.89. The van der Waals surface area contributed by atoms with Crippen LogP contribution in [0.3, 0.4) is 0 Å². The molecule has 0 saturated heterocycles. The number of nitrogens with zero attached hydrogens (tertiary/aromatic N) is 2. The number of carbonyl (C=O) groups excluding carboxylic acids is 2. The van der Waals surface area contributed by atoms with Gasteiger partial charge in [0, 0.05) is 36.1 Å². The van der Waals surface area contributed by atoms with Crippen molar-refractivity contribution in [3.63, 3.8) is 0 Å². The van der Waals surface area contributed by atoms with Crippen LogP contribution < -0.4 is 9.62 Å². The van der Waals surface area contributed by atoms with E-state index in [1.807, 2.05) is 46.8 Å². The van der Waals surface area contributed by atoms with Crippen LogP contribution in [-0.4, -0.2) is 50.5 Å². The van der Waals surface area contributed by atoms with Crippen molar-refractivity contribution in [3.05, 3.63) is 63.1 Å². The number of amides is 2. The topological polar surface area (TPSA) is 86.8 Å². The van der Waals surface area contributed by atoms with Gasteiger partial charge in [0.15, 0.2) is 0 Å². The molecule has 1 N–H and O–H groups in total. The van der Waals surface area contributed by atoms with Crippen LogP contribution in [-0.2, 0) is 26.2 Å². The lowest BCUT2D eigenvalue weighted by atomic mass is 10.1. The molecule has 0 aliphatic heterocycles. The molecule has 0 saturated carbocycles. The number of carbonyl (C=O) groups is 2. The Hall–Kier alpha value is -2.29. The Labute approximate surface area is 237 Å². The van der Waals surface area contributed by atoms with E-state index in [1.165, 1.54) is 9.21 Å². The summed E-state index contributed by atoms with van der Waals surface area (Å²) in [5, 5.41) is 3.82. The van der Waals surface area contributed by atoms with Crippen LogP contribution in [0.4, 0.5) is 5.69 Å². The molecular formula is C28H39Cl2N3O4S. The Morgan fingerprint density at radius 3 is 2.34 bits per heavy atom. The summed E-state index contributed by atoms with van der Waals surface area (Å²) in [7, 11) is -3.57. The highest BCUT2D eigenvalue weighted by Crippen LogP contribution is 2.27. The maximum absolute atomic E-state index is 13.6. The molecule has 2 aromatic carbocycles. The number of rotatable bonds is 13. The smallest absolute Gasteiger partial charge is 0.242 e. The van der Waals surface area contributed by atoms with Crippen molar-refractivity contribution in [1.82, 2.24) is 10.2 Å². The fourth-order valence-electron chi connectivity index (χ4n) is 4.16. The Morgan fingerprint density at radius 1 is 1.08 bits per heavy atom. The number of anilines is 1. The van der Waals surface area contributed by atoms with Crippen LogP contribution in [0.2, 0.25) is 10.0 Å². The van der Waals surface area contributed by atoms with E-state index in [2.05, 4.69) is 5.32 Å². The van der Waals surface area contributed by atoms with E-state index >= 15 is 0 Å². The molecule has 7 nitrogen and oxygen atoms in total. The molecule has 0 spiro atoms. The van der Waals surface area contributed by atoms with Crippen molar-refractivity contribution < 1.29 is 18.0 Å². The Balaban J connectivity index is 2.28. The second kappa shape index (κ2) is 14.2. The maximum Gasteiger partial charge on any atom is 0.242 e. The molecule has 0 fully saturated rings. The third-order valence-corrected chi connectivity index (χ3v) is 8.19. The monoisotopic (exact) mass is 583 g/mol. The first-order valence-corrected chi connectivity index (χ1v) is 15.4. The number of hydrogen-bond donors (Lipinski definition) is 1. The highest BCUT2D eigenvalue weighted by atomic mass is 35.5. The molecule has 1 unspecified atom stereocenters. The first kappa shape index (κ1) is 31.9. The van der Waals surface area contributed by atoms with Crippen molar-refractivity contribution in [2.45, 2.75) is 66.5 Å². The summed E-state index contributed by atoms with van der Waals surface area (Å²) in [5.41, 5.74) is 3.13. The first-order chi connectivity index (χ1) is 17.8. The molecule has 0 heterocycles. The minimum absolute atomic E-state index is 0.0655. The molecule has 1 atom stereocenters. The van der Waals surface area contributed by atoms with E-state index in [0.29, 0.717) is 34.3 Å². The number of nitrogens with one attached hydrogen (secondary N) is 1. The van der Waals surface area contributed by atoms with Crippen molar-refractivity contribution in [3.8, 4) is 0 Å². The van der Waals surface area contributed by atoms with Gasteiger partial charge in [-0.15, -0.1) is 0 Å². The lowest BCUT2D eigenvalue weighted by Crippen LogP contribution is -2.49. The van der Waals surface area contributed by atoms with E-state index in [9.17, 15) is 18.0 Å². The van der Waals surface area contributed by atoms with Crippen molar-refractivity contribution in [2.24, 2.45) is 5.92 Å². The Kier molecular flexibility index (Phi) is 11.9. The number of halogens is 2. The number of sulfonamides is 1. The van der Waals surface area contributed by atoms with E-state index in [0.717, 1.165) is 17.4 Å². The van der Waals surface area contributed by atoms with Crippen LogP contribution >= 0.6 is 23.2 Å². The minimum atomic E-state index is -3.57. The SMILES string of the molecule is CCC(C(=O)NCC(C)C)N(Cc1ccc(Cl)cc1Cl)C(=O)CCCN(c1cccc(C)c1C)S(C)(=O)=O. The zero-order chi connectivity index (χ0) is 28.6. The summed E-state index contributed by atoms with van der Waals surface area (Å²) in [4.78, 5) is 28.2. The zero-order valence-corrected chi connectivity index (χ0v) is 25.4. The number of aryl methyl sites for hydroxylation is 1. The number of benzene rings is 2. The molecule has 0 aromatic heterocycles. The molecular weight excluding hydrogens is 545 g/mol. The molecule has 2 aromatic rings. The number of hydrogen-bond acceptors (Lipinski definition) is 4. The predicted octanol–water partition coefficient (Wildman–Crippen LogP) is 5.74. The van der Waals surface area contributed by atoms with E-state index in [-0.39, 0.29) is 43.7 Å². The van der Waals surface area contributed by atoms with Gasteiger partial charge in [-0.05, 0) is 67.5 Å². The molecule has 0 radical (unpaired) electrons. The summed E-state index contributed by atoms with van der Waals surface area (Å²) in [6.45, 7) is 10.4. The highest BCUT2D eigenvalue weighted by Gasteiger charge is 2.29. The lowest BCUT2D eigenvalue weighted by molar-refractivity contribution is -0.141. The summed E-state index contributed by atoms with van der Waals surface area (Å²) >= 11 is 12.5. The second-order valence-electron chi connectivity index (χ2n) is 9.98. The molecule has 0 aliphatic carbocycles. The molecule has 38 heavy (non-hydrogen) atoms. The van der Waals surface area contributed by atoms with Gasteiger partial charge in [0.05, 0.1) is 11.9 Å². The maximum atomic E-state index is 13.6. The Morgan fingerprint density at radius 2 is 1.76 bits per heavy atom. The third-order valence-electron chi connectivity index (χ3n) is 6.42. The minimum Gasteiger partial charge on any atom is -0.354 e. The summed E-state index contributed by atoms with van der Waals surface area (Å²) in [5.74, 6) is -0.219. The van der Waals surface area contributed by atoms with Crippen molar-refractivity contribution in [1.29, 1.82) is 0 Å². The zero-order valence-electron chi connectivity index (χ0n) is 23.1. The van der Waals surface area contributed by atoms with Crippen LogP contribution in [0, 0.1) is 19.8 Å². The van der Waals surface area contributed by atoms with E-state index in [1.54, 1.807) is 24.3 Å². The van der Waals surface area contributed by atoms with Gasteiger partial charge in [-0.3, -0.25) is 13.9 Å². The summed E-state index contributed by atoms with van der Waals surface area (Å²) < 4.78 is 26.6. The summed E-state index contributed by atoms with van der Waals surface area (Å²) in [6, 6.07) is 9.87. The Bertz CT molecular complexity index is 1230. The normalized spacial score (nSPS) is 12.3. The van der Waals surface area contributed by atoms with Gasteiger partial charge < -0.3 is 10.2 Å². The van der Waals surface area contributed by atoms with Crippen molar-refractivity contribution in [2.75, 3.05) is 23.7 Å². The molecule has 10 heteroatoms.